The van der Waals surface area contributed by atoms with Gasteiger partial charge in [-0.2, -0.15) is 0 Å². The molecule has 1 aliphatic rings. The van der Waals surface area contributed by atoms with Gasteiger partial charge in [0, 0.05) is 18.7 Å². The van der Waals surface area contributed by atoms with Crippen LogP contribution in [0.25, 0.3) is 0 Å². The van der Waals surface area contributed by atoms with Gasteiger partial charge in [0.15, 0.2) is 11.5 Å². The second kappa shape index (κ2) is 9.12. The quantitative estimate of drug-likeness (QED) is 0.757. The zero-order chi connectivity index (χ0) is 19.9. The van der Waals surface area contributed by atoms with Crippen LogP contribution in [0.5, 0.6) is 17.2 Å². The first-order valence-corrected chi connectivity index (χ1v) is 9.28. The van der Waals surface area contributed by atoms with E-state index in [0.29, 0.717) is 42.5 Å². The van der Waals surface area contributed by atoms with Gasteiger partial charge in [-0.1, -0.05) is 6.07 Å². The fraction of sp³-hybridized carbons (Fsp3) is 0.333. The van der Waals surface area contributed by atoms with Crippen LogP contribution in [0.1, 0.15) is 29.8 Å². The maximum atomic E-state index is 12.5. The first-order valence-electron chi connectivity index (χ1n) is 9.28. The van der Waals surface area contributed by atoms with Gasteiger partial charge < -0.3 is 24.4 Å². The van der Waals surface area contributed by atoms with Crippen molar-refractivity contribution >= 4 is 11.8 Å². The van der Waals surface area contributed by atoms with E-state index in [1.807, 2.05) is 32.0 Å². The summed E-state index contributed by atoms with van der Waals surface area (Å²) < 4.78 is 16.0. The average molecular weight is 384 g/mol. The lowest BCUT2D eigenvalue weighted by Gasteiger charge is -2.21. The van der Waals surface area contributed by atoms with Gasteiger partial charge in [-0.15, -0.1) is 0 Å². The van der Waals surface area contributed by atoms with Crippen LogP contribution in [0, 0.1) is 0 Å². The molecule has 2 amide bonds. The van der Waals surface area contributed by atoms with Gasteiger partial charge >= 0.3 is 0 Å². The largest absolute Gasteiger partial charge is 0.494 e. The van der Waals surface area contributed by atoms with Crippen LogP contribution in [-0.4, -0.2) is 43.2 Å². The Labute approximate surface area is 164 Å². The maximum absolute atomic E-state index is 12.5. The van der Waals surface area contributed by atoms with E-state index in [0.717, 1.165) is 5.56 Å². The van der Waals surface area contributed by atoms with Crippen molar-refractivity contribution in [1.82, 2.24) is 10.2 Å². The van der Waals surface area contributed by atoms with Crippen LogP contribution >= 0.6 is 0 Å². The molecule has 148 valence electrons. The summed E-state index contributed by atoms with van der Waals surface area (Å²) in [6.07, 6.45) is 0. The molecule has 2 aromatic carbocycles. The fourth-order valence-corrected chi connectivity index (χ4v) is 2.87. The summed E-state index contributed by atoms with van der Waals surface area (Å²) in [5.74, 6) is 1.65. The molecule has 7 nitrogen and oxygen atoms in total. The highest BCUT2D eigenvalue weighted by molar-refractivity contribution is 5.96. The number of benzene rings is 2. The summed E-state index contributed by atoms with van der Waals surface area (Å²) in [5.41, 5.74) is 1.42. The van der Waals surface area contributed by atoms with E-state index in [1.54, 1.807) is 29.2 Å². The predicted molar refractivity (Wildman–Crippen MR) is 104 cm³/mol. The molecule has 0 bridgehead atoms. The van der Waals surface area contributed by atoms with E-state index in [-0.39, 0.29) is 25.2 Å². The molecule has 3 rings (SSSR count). The van der Waals surface area contributed by atoms with Crippen molar-refractivity contribution < 1.29 is 23.8 Å². The first kappa shape index (κ1) is 19.5. The van der Waals surface area contributed by atoms with E-state index in [9.17, 15) is 9.59 Å². The molecule has 0 fully saturated rings. The molecule has 0 radical (unpaired) electrons. The molecule has 7 heteroatoms. The van der Waals surface area contributed by atoms with Crippen molar-refractivity contribution in [3.8, 4) is 17.2 Å². The number of carbonyl (C=O) groups is 2. The molecular weight excluding hydrogens is 360 g/mol. The maximum Gasteiger partial charge on any atom is 0.251 e. The molecule has 1 N–H and O–H groups in total. The molecular formula is C21H24N2O5. The number of hydrogen-bond acceptors (Lipinski definition) is 5. The van der Waals surface area contributed by atoms with Crippen molar-refractivity contribution in [1.29, 1.82) is 0 Å². The molecule has 1 aliphatic heterocycles. The molecule has 0 saturated heterocycles. The van der Waals surface area contributed by atoms with Crippen LogP contribution in [0.2, 0.25) is 0 Å². The molecule has 0 spiro atoms. The van der Waals surface area contributed by atoms with Gasteiger partial charge in [0.2, 0.25) is 12.7 Å². The van der Waals surface area contributed by atoms with Gasteiger partial charge in [-0.25, -0.2) is 0 Å². The third-order valence-electron chi connectivity index (χ3n) is 4.37. The second-order valence-corrected chi connectivity index (χ2v) is 6.24. The summed E-state index contributed by atoms with van der Waals surface area (Å²) in [6, 6.07) is 12.4. The van der Waals surface area contributed by atoms with Crippen LogP contribution < -0.4 is 19.5 Å². The summed E-state index contributed by atoms with van der Waals surface area (Å²) in [4.78, 5) is 26.5. The number of nitrogens with one attached hydrogen (secondary N) is 1. The fourth-order valence-electron chi connectivity index (χ4n) is 2.87. The number of carbonyl (C=O) groups excluding carboxylic acids is 2. The summed E-state index contributed by atoms with van der Waals surface area (Å²) >= 11 is 0. The van der Waals surface area contributed by atoms with Crippen LogP contribution in [0.15, 0.2) is 42.5 Å². The van der Waals surface area contributed by atoms with E-state index >= 15 is 0 Å². The van der Waals surface area contributed by atoms with E-state index in [1.165, 1.54) is 0 Å². The number of amides is 2. The highest BCUT2D eigenvalue weighted by Crippen LogP contribution is 2.32. The van der Waals surface area contributed by atoms with Crippen LogP contribution in [0.4, 0.5) is 0 Å². The number of fused-ring (bicyclic) bond motifs is 1. The van der Waals surface area contributed by atoms with Gasteiger partial charge in [-0.05, 0) is 55.8 Å². The Morgan fingerprint density at radius 2 is 1.82 bits per heavy atom. The second-order valence-electron chi connectivity index (χ2n) is 6.24. The van der Waals surface area contributed by atoms with Crippen LogP contribution in [-0.2, 0) is 11.3 Å². The van der Waals surface area contributed by atoms with Crippen molar-refractivity contribution in [3.05, 3.63) is 53.6 Å². The zero-order valence-corrected chi connectivity index (χ0v) is 16.1. The molecule has 2 aromatic rings. The topological polar surface area (TPSA) is 77.1 Å². The predicted octanol–water partition coefficient (Wildman–Crippen LogP) is 2.59. The van der Waals surface area contributed by atoms with Gasteiger partial charge in [0.1, 0.15) is 5.75 Å². The lowest BCUT2D eigenvalue weighted by molar-refractivity contribution is -0.130. The number of likely N-dealkylation sites (N-methyl/N-ethyl adjacent to an activating group) is 1. The average Bonchev–Trinajstić information content (AvgIpc) is 3.18. The Bertz CT molecular complexity index is 835. The molecule has 0 saturated carbocycles. The normalized spacial score (nSPS) is 11.8. The monoisotopic (exact) mass is 384 g/mol. The van der Waals surface area contributed by atoms with Crippen LogP contribution in [0.3, 0.4) is 0 Å². The molecule has 0 unspecified atom stereocenters. The van der Waals surface area contributed by atoms with E-state index in [4.69, 9.17) is 14.2 Å². The molecule has 0 aromatic heterocycles. The number of hydrogen-bond donors (Lipinski definition) is 1. The summed E-state index contributed by atoms with van der Waals surface area (Å²) in [7, 11) is 0. The van der Waals surface area contributed by atoms with Gasteiger partial charge in [-0.3, -0.25) is 9.59 Å². The molecule has 0 aliphatic carbocycles. The Kier molecular flexibility index (Phi) is 6.37. The third-order valence-corrected chi connectivity index (χ3v) is 4.37. The minimum atomic E-state index is -0.296. The minimum absolute atomic E-state index is 0.0650. The number of rotatable bonds is 8. The first-order chi connectivity index (χ1) is 13.6. The van der Waals surface area contributed by atoms with Crippen molar-refractivity contribution in [2.75, 3.05) is 26.5 Å². The Morgan fingerprint density at radius 1 is 1.07 bits per heavy atom. The Morgan fingerprint density at radius 3 is 2.54 bits per heavy atom. The van der Waals surface area contributed by atoms with Gasteiger partial charge in [0.25, 0.3) is 5.91 Å². The lowest BCUT2D eigenvalue weighted by Crippen LogP contribution is -2.39. The Hall–Kier alpha value is -3.22. The molecule has 28 heavy (non-hydrogen) atoms. The van der Waals surface area contributed by atoms with Crippen molar-refractivity contribution in [3.63, 3.8) is 0 Å². The standard InChI is InChI=1S/C21H24N2O5/c1-3-23(13-15-5-10-18-19(11-15)28-14-27-18)20(24)12-22-21(25)16-6-8-17(9-7-16)26-4-2/h5-11H,3-4,12-14H2,1-2H3,(H,22,25). The lowest BCUT2D eigenvalue weighted by atomic mass is 10.2. The molecule has 0 atom stereocenters. The summed E-state index contributed by atoms with van der Waals surface area (Å²) in [5, 5.41) is 2.68. The van der Waals surface area contributed by atoms with Crippen molar-refractivity contribution in [2.45, 2.75) is 20.4 Å². The van der Waals surface area contributed by atoms with Crippen molar-refractivity contribution in [2.24, 2.45) is 0 Å². The van der Waals surface area contributed by atoms with Gasteiger partial charge in [0.05, 0.1) is 13.2 Å². The molecule has 1 heterocycles. The highest BCUT2D eigenvalue weighted by atomic mass is 16.7. The number of nitrogens with zero attached hydrogens (tertiary/aromatic N) is 1. The third kappa shape index (κ3) is 4.73. The zero-order valence-electron chi connectivity index (χ0n) is 16.1. The highest BCUT2D eigenvalue weighted by Gasteiger charge is 2.17. The minimum Gasteiger partial charge on any atom is -0.494 e. The summed E-state index contributed by atoms with van der Waals surface area (Å²) in [6.45, 7) is 5.49. The smallest absolute Gasteiger partial charge is 0.251 e. The SMILES string of the molecule is CCOc1ccc(C(=O)NCC(=O)N(CC)Cc2ccc3c(c2)OCO3)cc1. The van der Waals surface area contributed by atoms with E-state index < -0.39 is 0 Å². The Balaban J connectivity index is 1.54. The van der Waals surface area contributed by atoms with E-state index in [2.05, 4.69) is 5.32 Å². The number of ether oxygens (including phenoxy) is 3.